The van der Waals surface area contributed by atoms with Gasteiger partial charge in [0, 0.05) is 6.20 Å². The van der Waals surface area contributed by atoms with Crippen LogP contribution in [0.3, 0.4) is 0 Å². The van der Waals surface area contributed by atoms with Gasteiger partial charge in [-0.1, -0.05) is 0 Å². The largest absolute Gasteiger partial charge is 0.478 e. The third kappa shape index (κ3) is 3.29. The molecular formula is C10H16N2O4S. The molecule has 7 heteroatoms. The molecule has 0 saturated carbocycles. The standard InChI is InChI=1S/C10H16N2O4S/c1-7(2)17(15,16)5-4-12-6-9(10(13)14)8(3)11-12/h6-7H,4-5H2,1-3H3,(H,13,14). The van der Waals surface area contributed by atoms with Gasteiger partial charge in [0.1, 0.15) is 5.56 Å². The molecule has 0 atom stereocenters. The van der Waals surface area contributed by atoms with Crippen molar-refractivity contribution < 1.29 is 18.3 Å². The minimum Gasteiger partial charge on any atom is -0.478 e. The zero-order chi connectivity index (χ0) is 13.2. The van der Waals surface area contributed by atoms with Gasteiger partial charge in [-0.25, -0.2) is 13.2 Å². The quantitative estimate of drug-likeness (QED) is 0.842. The first kappa shape index (κ1) is 13.7. The normalized spacial score (nSPS) is 12.0. The summed E-state index contributed by atoms with van der Waals surface area (Å²) in [6, 6.07) is 0. The van der Waals surface area contributed by atoms with E-state index in [4.69, 9.17) is 5.11 Å². The first-order valence-electron chi connectivity index (χ1n) is 5.23. The first-order valence-corrected chi connectivity index (χ1v) is 6.94. The molecule has 0 aliphatic carbocycles. The van der Waals surface area contributed by atoms with Crippen LogP contribution in [-0.2, 0) is 16.4 Å². The lowest BCUT2D eigenvalue weighted by Crippen LogP contribution is -2.21. The Labute approximate surface area is 100 Å². The van der Waals surface area contributed by atoms with Crippen molar-refractivity contribution in [1.82, 2.24) is 9.78 Å². The number of aryl methyl sites for hydroxylation is 2. The summed E-state index contributed by atoms with van der Waals surface area (Å²) in [5.74, 6) is -1.09. The van der Waals surface area contributed by atoms with Gasteiger partial charge in [0.25, 0.3) is 0 Å². The van der Waals surface area contributed by atoms with E-state index < -0.39 is 21.1 Å². The monoisotopic (exact) mass is 260 g/mol. The SMILES string of the molecule is Cc1nn(CCS(=O)(=O)C(C)C)cc1C(=O)O. The minimum atomic E-state index is -3.13. The van der Waals surface area contributed by atoms with Crippen LogP contribution in [0.25, 0.3) is 0 Å². The van der Waals surface area contributed by atoms with E-state index in [0.717, 1.165) is 0 Å². The fraction of sp³-hybridized carbons (Fsp3) is 0.600. The van der Waals surface area contributed by atoms with Crippen molar-refractivity contribution >= 4 is 15.8 Å². The molecule has 0 unspecified atom stereocenters. The molecule has 1 aromatic heterocycles. The summed E-state index contributed by atoms with van der Waals surface area (Å²) in [5, 5.41) is 12.4. The highest BCUT2D eigenvalue weighted by molar-refractivity contribution is 7.91. The topological polar surface area (TPSA) is 89.3 Å². The molecular weight excluding hydrogens is 244 g/mol. The van der Waals surface area contributed by atoms with Crippen molar-refractivity contribution in [2.24, 2.45) is 0 Å². The second kappa shape index (κ2) is 4.87. The average molecular weight is 260 g/mol. The third-order valence-electron chi connectivity index (χ3n) is 2.50. The van der Waals surface area contributed by atoms with Gasteiger partial charge in [-0.05, 0) is 20.8 Å². The summed E-state index contributed by atoms with van der Waals surface area (Å²) in [6.07, 6.45) is 1.35. The van der Waals surface area contributed by atoms with Crippen molar-refractivity contribution in [3.05, 3.63) is 17.5 Å². The number of nitrogens with zero attached hydrogens (tertiary/aromatic N) is 2. The summed E-state index contributed by atoms with van der Waals surface area (Å²) in [4.78, 5) is 10.8. The molecule has 0 bridgehead atoms. The van der Waals surface area contributed by atoms with Gasteiger partial charge in [-0.3, -0.25) is 4.68 Å². The lowest BCUT2D eigenvalue weighted by Gasteiger charge is -2.07. The van der Waals surface area contributed by atoms with E-state index in [-0.39, 0.29) is 17.9 Å². The Kier molecular flexibility index (Phi) is 3.92. The van der Waals surface area contributed by atoms with Crippen LogP contribution in [0.2, 0.25) is 0 Å². The number of aromatic nitrogens is 2. The fourth-order valence-electron chi connectivity index (χ4n) is 1.30. The summed E-state index contributed by atoms with van der Waals surface area (Å²) >= 11 is 0. The Bertz CT molecular complexity index is 516. The summed E-state index contributed by atoms with van der Waals surface area (Å²) in [7, 11) is -3.13. The minimum absolute atomic E-state index is 0.0369. The van der Waals surface area contributed by atoms with Crippen molar-refractivity contribution in [2.75, 3.05) is 5.75 Å². The zero-order valence-corrected chi connectivity index (χ0v) is 10.9. The molecule has 96 valence electrons. The highest BCUT2D eigenvalue weighted by Gasteiger charge is 2.17. The maximum Gasteiger partial charge on any atom is 0.339 e. The second-order valence-electron chi connectivity index (χ2n) is 4.11. The fourth-order valence-corrected chi connectivity index (χ4v) is 2.21. The van der Waals surface area contributed by atoms with E-state index in [1.165, 1.54) is 10.9 Å². The predicted octanol–water partition coefficient (Wildman–Crippen LogP) is 0.713. The molecule has 6 nitrogen and oxygen atoms in total. The molecule has 0 spiro atoms. The lowest BCUT2D eigenvalue weighted by atomic mass is 10.3. The first-order chi connectivity index (χ1) is 7.74. The number of carboxylic acid groups (broad SMARTS) is 1. The van der Waals surface area contributed by atoms with Crippen LogP contribution in [0.1, 0.15) is 29.9 Å². The Morgan fingerprint density at radius 2 is 2.12 bits per heavy atom. The average Bonchev–Trinajstić information content (AvgIpc) is 2.57. The van der Waals surface area contributed by atoms with Gasteiger partial charge in [0.15, 0.2) is 9.84 Å². The number of hydrogen-bond acceptors (Lipinski definition) is 4. The highest BCUT2D eigenvalue weighted by Crippen LogP contribution is 2.07. The van der Waals surface area contributed by atoms with E-state index >= 15 is 0 Å². The van der Waals surface area contributed by atoms with Crippen LogP contribution in [0, 0.1) is 6.92 Å². The van der Waals surface area contributed by atoms with Crippen LogP contribution in [0.5, 0.6) is 0 Å². The van der Waals surface area contributed by atoms with Crippen molar-refractivity contribution in [3.8, 4) is 0 Å². The van der Waals surface area contributed by atoms with Crippen molar-refractivity contribution in [2.45, 2.75) is 32.6 Å². The van der Waals surface area contributed by atoms with Gasteiger partial charge >= 0.3 is 5.97 Å². The Balaban J connectivity index is 2.78. The molecule has 1 N–H and O–H groups in total. The Morgan fingerprint density at radius 1 is 1.53 bits per heavy atom. The lowest BCUT2D eigenvalue weighted by molar-refractivity contribution is 0.0696. The highest BCUT2D eigenvalue weighted by atomic mass is 32.2. The number of aromatic carboxylic acids is 1. The number of rotatable bonds is 5. The molecule has 17 heavy (non-hydrogen) atoms. The summed E-state index contributed by atoms with van der Waals surface area (Å²) in [5.41, 5.74) is 0.492. The van der Waals surface area contributed by atoms with Crippen molar-refractivity contribution in [1.29, 1.82) is 0 Å². The number of carboxylic acids is 1. The van der Waals surface area contributed by atoms with E-state index in [1.807, 2.05) is 0 Å². The van der Waals surface area contributed by atoms with Gasteiger partial charge in [-0.2, -0.15) is 5.10 Å². The van der Waals surface area contributed by atoms with E-state index in [2.05, 4.69) is 5.10 Å². The predicted molar refractivity (Wildman–Crippen MR) is 62.8 cm³/mol. The third-order valence-corrected chi connectivity index (χ3v) is 4.69. The van der Waals surface area contributed by atoms with Crippen LogP contribution in [-0.4, -0.2) is 40.3 Å². The van der Waals surface area contributed by atoms with Gasteiger partial charge in [0.2, 0.25) is 0 Å². The molecule has 0 aromatic carbocycles. The van der Waals surface area contributed by atoms with Crippen LogP contribution >= 0.6 is 0 Å². The molecule has 1 aromatic rings. The summed E-state index contributed by atoms with van der Waals surface area (Å²) in [6.45, 7) is 4.99. The maximum atomic E-state index is 11.6. The molecule has 0 aliphatic heterocycles. The van der Waals surface area contributed by atoms with Gasteiger partial charge in [-0.15, -0.1) is 0 Å². The van der Waals surface area contributed by atoms with E-state index in [0.29, 0.717) is 5.69 Å². The second-order valence-corrected chi connectivity index (χ2v) is 6.79. The van der Waals surface area contributed by atoms with Crippen LogP contribution in [0.4, 0.5) is 0 Å². The Morgan fingerprint density at radius 3 is 2.53 bits per heavy atom. The molecule has 0 radical (unpaired) electrons. The zero-order valence-electron chi connectivity index (χ0n) is 10.0. The van der Waals surface area contributed by atoms with Crippen LogP contribution < -0.4 is 0 Å². The maximum absolute atomic E-state index is 11.6. The van der Waals surface area contributed by atoms with E-state index in [1.54, 1.807) is 20.8 Å². The molecule has 1 rings (SSSR count). The number of carbonyl (C=O) groups is 1. The molecule has 0 amide bonds. The van der Waals surface area contributed by atoms with Gasteiger partial charge < -0.3 is 5.11 Å². The molecule has 0 fully saturated rings. The molecule has 0 aliphatic rings. The smallest absolute Gasteiger partial charge is 0.339 e. The molecule has 0 saturated heterocycles. The number of sulfone groups is 1. The van der Waals surface area contributed by atoms with Gasteiger partial charge in [0.05, 0.1) is 23.2 Å². The Hall–Kier alpha value is -1.37. The van der Waals surface area contributed by atoms with E-state index in [9.17, 15) is 13.2 Å². The molecule has 1 heterocycles. The number of hydrogen-bond donors (Lipinski definition) is 1. The van der Waals surface area contributed by atoms with Crippen LogP contribution in [0.15, 0.2) is 6.20 Å². The summed E-state index contributed by atoms with van der Waals surface area (Å²) < 4.78 is 24.5. The van der Waals surface area contributed by atoms with Crippen molar-refractivity contribution in [3.63, 3.8) is 0 Å².